The molecule has 1 aliphatic heterocycles. The van der Waals surface area contributed by atoms with Gasteiger partial charge in [-0.1, -0.05) is 35.9 Å². The van der Waals surface area contributed by atoms with Crippen molar-refractivity contribution in [1.29, 1.82) is 0 Å². The number of amides is 3. The minimum absolute atomic E-state index is 0.100. The van der Waals surface area contributed by atoms with E-state index in [0.29, 0.717) is 39.5 Å². The van der Waals surface area contributed by atoms with Gasteiger partial charge in [0.1, 0.15) is 5.82 Å². The summed E-state index contributed by atoms with van der Waals surface area (Å²) >= 11 is 6.16. The first kappa shape index (κ1) is 23.4. The van der Waals surface area contributed by atoms with Crippen LogP contribution in [0.2, 0.25) is 5.02 Å². The summed E-state index contributed by atoms with van der Waals surface area (Å²) in [5.41, 5.74) is 3.16. The Morgan fingerprint density at radius 2 is 1.64 bits per heavy atom. The Labute approximate surface area is 211 Å². The van der Waals surface area contributed by atoms with E-state index >= 15 is 0 Å². The van der Waals surface area contributed by atoms with Crippen molar-refractivity contribution in [3.05, 3.63) is 111 Å². The van der Waals surface area contributed by atoms with Gasteiger partial charge in [-0.2, -0.15) is 5.10 Å². The summed E-state index contributed by atoms with van der Waals surface area (Å²) in [5, 5.41) is 7.58. The van der Waals surface area contributed by atoms with Gasteiger partial charge in [0.25, 0.3) is 17.7 Å². The predicted molar refractivity (Wildman–Crippen MR) is 134 cm³/mol. The summed E-state index contributed by atoms with van der Waals surface area (Å²) in [5.74, 6) is -1.75. The lowest BCUT2D eigenvalue weighted by Gasteiger charge is -2.15. The molecule has 1 N–H and O–H groups in total. The van der Waals surface area contributed by atoms with Crippen molar-refractivity contribution in [2.45, 2.75) is 20.4 Å². The Balaban J connectivity index is 1.39. The fraction of sp³-hybridized carbons (Fsp3) is 0.111. The van der Waals surface area contributed by atoms with Gasteiger partial charge in [0.15, 0.2) is 0 Å². The molecular weight excluding hydrogens is 483 g/mol. The van der Waals surface area contributed by atoms with Crippen molar-refractivity contribution in [3.63, 3.8) is 0 Å². The maximum atomic E-state index is 14.3. The Morgan fingerprint density at radius 3 is 2.31 bits per heavy atom. The van der Waals surface area contributed by atoms with Crippen LogP contribution in [0.5, 0.6) is 0 Å². The van der Waals surface area contributed by atoms with Gasteiger partial charge in [0.2, 0.25) is 0 Å². The van der Waals surface area contributed by atoms with Crippen molar-refractivity contribution in [2.75, 3.05) is 10.2 Å². The highest BCUT2D eigenvalue weighted by atomic mass is 35.5. The van der Waals surface area contributed by atoms with Crippen LogP contribution in [0.15, 0.2) is 66.7 Å². The fourth-order valence-corrected chi connectivity index (χ4v) is 4.48. The van der Waals surface area contributed by atoms with Gasteiger partial charge in [0, 0.05) is 16.1 Å². The third kappa shape index (κ3) is 3.95. The Bertz CT molecular complexity index is 1510. The number of anilines is 2. The first-order valence-corrected chi connectivity index (χ1v) is 11.5. The highest BCUT2D eigenvalue weighted by Crippen LogP contribution is 2.29. The van der Waals surface area contributed by atoms with E-state index in [9.17, 15) is 18.8 Å². The van der Waals surface area contributed by atoms with Crippen LogP contribution in [0, 0.1) is 19.7 Å². The van der Waals surface area contributed by atoms with E-state index in [-0.39, 0.29) is 17.1 Å². The maximum Gasteiger partial charge on any atom is 0.266 e. The molecule has 0 fully saturated rings. The Kier molecular flexibility index (Phi) is 5.89. The van der Waals surface area contributed by atoms with Crippen molar-refractivity contribution in [3.8, 4) is 0 Å². The molecule has 0 saturated heterocycles. The molecule has 3 aromatic carbocycles. The van der Waals surface area contributed by atoms with E-state index in [1.807, 2.05) is 0 Å². The molecule has 1 aromatic heterocycles. The quantitative estimate of drug-likeness (QED) is 0.371. The van der Waals surface area contributed by atoms with Gasteiger partial charge in [-0.15, -0.1) is 0 Å². The second-order valence-corrected chi connectivity index (χ2v) is 8.81. The van der Waals surface area contributed by atoms with Crippen LogP contribution in [0.1, 0.15) is 48.0 Å². The predicted octanol–water partition coefficient (Wildman–Crippen LogP) is 5.39. The van der Waals surface area contributed by atoms with Crippen LogP contribution in [0.3, 0.4) is 0 Å². The van der Waals surface area contributed by atoms with E-state index < -0.39 is 23.5 Å². The number of hydrogen-bond acceptors (Lipinski definition) is 4. The van der Waals surface area contributed by atoms with Gasteiger partial charge in [0.05, 0.1) is 40.4 Å². The average molecular weight is 503 g/mol. The molecule has 36 heavy (non-hydrogen) atoms. The lowest BCUT2D eigenvalue weighted by atomic mass is 10.1. The number of aromatic nitrogens is 2. The van der Waals surface area contributed by atoms with E-state index in [0.717, 1.165) is 4.90 Å². The summed E-state index contributed by atoms with van der Waals surface area (Å²) in [6.45, 7) is 3.60. The maximum absolute atomic E-state index is 14.3. The smallest absolute Gasteiger partial charge is 0.266 e. The highest BCUT2D eigenvalue weighted by Gasteiger charge is 2.36. The monoisotopic (exact) mass is 502 g/mol. The van der Waals surface area contributed by atoms with Crippen molar-refractivity contribution in [2.24, 2.45) is 0 Å². The molecule has 7 nitrogen and oxygen atoms in total. The van der Waals surface area contributed by atoms with Gasteiger partial charge in [-0.3, -0.25) is 19.1 Å². The normalized spacial score (nSPS) is 12.7. The van der Waals surface area contributed by atoms with Crippen LogP contribution in [0.4, 0.5) is 15.8 Å². The average Bonchev–Trinajstić information content (AvgIpc) is 3.28. The van der Waals surface area contributed by atoms with Crippen molar-refractivity contribution < 1.29 is 18.8 Å². The molecule has 9 heteroatoms. The number of nitrogens with one attached hydrogen (secondary N) is 1. The molecule has 0 saturated carbocycles. The number of nitrogens with zero attached hydrogens (tertiary/aromatic N) is 3. The van der Waals surface area contributed by atoms with Crippen LogP contribution in [0.25, 0.3) is 0 Å². The summed E-state index contributed by atoms with van der Waals surface area (Å²) < 4.78 is 15.8. The molecule has 0 unspecified atom stereocenters. The van der Waals surface area contributed by atoms with E-state index in [1.165, 1.54) is 18.2 Å². The van der Waals surface area contributed by atoms with Crippen molar-refractivity contribution >= 4 is 40.7 Å². The lowest BCUT2D eigenvalue weighted by Crippen LogP contribution is -2.29. The summed E-state index contributed by atoms with van der Waals surface area (Å²) in [6, 6.07) is 17.4. The first-order chi connectivity index (χ1) is 17.3. The number of imide groups is 1. The topological polar surface area (TPSA) is 84.3 Å². The zero-order valence-electron chi connectivity index (χ0n) is 19.4. The zero-order valence-corrected chi connectivity index (χ0v) is 20.1. The number of fused-ring (bicyclic) bond motifs is 1. The minimum Gasteiger partial charge on any atom is -0.319 e. The molecule has 0 spiro atoms. The van der Waals surface area contributed by atoms with Crippen LogP contribution in [-0.4, -0.2) is 27.5 Å². The number of halogens is 2. The third-order valence-corrected chi connectivity index (χ3v) is 6.50. The van der Waals surface area contributed by atoms with E-state index in [4.69, 9.17) is 11.6 Å². The minimum atomic E-state index is -0.442. The molecule has 0 radical (unpaired) electrons. The second kappa shape index (κ2) is 9.05. The largest absolute Gasteiger partial charge is 0.319 e. The number of carbonyl (C=O) groups excluding carboxylic acids is 3. The SMILES string of the molecule is Cc1nn(Cc2c(F)cccc2Cl)c(C)c1NC(=O)c1cccc(N2C(=O)c3ccccc3C2=O)c1. The number of benzene rings is 3. The molecule has 4 aromatic rings. The molecule has 180 valence electrons. The highest BCUT2D eigenvalue weighted by molar-refractivity contribution is 6.34. The lowest BCUT2D eigenvalue weighted by molar-refractivity contribution is 0.0924. The summed E-state index contributed by atoms with van der Waals surface area (Å²) in [6.07, 6.45) is 0. The molecule has 2 heterocycles. The van der Waals surface area contributed by atoms with Crippen LogP contribution < -0.4 is 10.2 Å². The van der Waals surface area contributed by atoms with Gasteiger partial charge < -0.3 is 5.32 Å². The molecule has 0 atom stereocenters. The van der Waals surface area contributed by atoms with Crippen molar-refractivity contribution in [1.82, 2.24) is 9.78 Å². The van der Waals surface area contributed by atoms with Gasteiger partial charge >= 0.3 is 0 Å². The molecule has 5 rings (SSSR count). The molecule has 0 bridgehead atoms. The van der Waals surface area contributed by atoms with Gasteiger partial charge in [-0.05, 0) is 56.3 Å². The molecule has 0 aliphatic carbocycles. The molecule has 1 aliphatic rings. The Morgan fingerprint density at radius 1 is 0.972 bits per heavy atom. The number of rotatable bonds is 5. The number of hydrogen-bond donors (Lipinski definition) is 1. The second-order valence-electron chi connectivity index (χ2n) is 8.40. The fourth-order valence-electron chi connectivity index (χ4n) is 4.26. The van der Waals surface area contributed by atoms with E-state index in [1.54, 1.807) is 67.1 Å². The number of carbonyl (C=O) groups is 3. The summed E-state index contributed by atoms with van der Waals surface area (Å²) in [7, 11) is 0. The standard InChI is InChI=1S/C27H20ClFN4O3/c1-15-24(16(2)32(31-15)14-21-22(28)11-6-12-23(21)29)30-25(34)17-7-5-8-18(13-17)33-26(35)19-9-3-4-10-20(19)27(33)36/h3-13H,14H2,1-2H3,(H,30,34). The van der Waals surface area contributed by atoms with E-state index in [2.05, 4.69) is 10.4 Å². The zero-order chi connectivity index (χ0) is 25.6. The van der Waals surface area contributed by atoms with Crippen LogP contribution in [-0.2, 0) is 6.54 Å². The summed E-state index contributed by atoms with van der Waals surface area (Å²) in [4.78, 5) is 39.8. The third-order valence-electron chi connectivity index (χ3n) is 6.15. The molecule has 3 amide bonds. The Hall–Kier alpha value is -4.30. The molecular formula is C27H20ClFN4O3. The van der Waals surface area contributed by atoms with Crippen LogP contribution >= 0.6 is 11.6 Å². The number of aryl methyl sites for hydroxylation is 1. The van der Waals surface area contributed by atoms with Gasteiger partial charge in [-0.25, -0.2) is 9.29 Å². The first-order valence-electron chi connectivity index (χ1n) is 11.1.